The minimum absolute atomic E-state index is 0.0309. The van der Waals surface area contributed by atoms with Crippen molar-refractivity contribution in [2.24, 2.45) is 5.92 Å². The fourth-order valence-electron chi connectivity index (χ4n) is 12.8. The molecule has 0 aromatic carbocycles. The first-order valence-corrected chi connectivity index (χ1v) is 39.2. The van der Waals surface area contributed by atoms with Crippen LogP contribution in [0.15, 0.2) is 0 Å². The molecule has 19 unspecified atom stereocenters. The minimum Gasteiger partial charge on any atom is -0.463 e. The Bertz CT molecular complexity index is 2010. The van der Waals surface area contributed by atoms with Crippen molar-refractivity contribution < 1.29 is 117 Å². The highest BCUT2D eigenvalue weighted by Crippen LogP contribution is 2.49. The molecule has 11 N–H and O–H groups in total. The largest absolute Gasteiger partial charge is 0.472 e. The van der Waals surface area contributed by atoms with E-state index < -0.39 is 156 Å². The summed E-state index contributed by atoms with van der Waals surface area (Å²) in [5, 5.41) is 110. The highest BCUT2D eigenvalue weighted by Gasteiger charge is 2.58. The molecule has 0 radical (unpaired) electrons. The lowest BCUT2D eigenvalue weighted by Gasteiger charge is -2.49. The summed E-state index contributed by atoms with van der Waals surface area (Å²) >= 11 is 0. The van der Waals surface area contributed by atoms with E-state index in [9.17, 15) is 74.9 Å². The molecule has 0 amide bonds. The van der Waals surface area contributed by atoms with Crippen molar-refractivity contribution >= 4 is 25.7 Å². The van der Waals surface area contributed by atoms with Gasteiger partial charge in [-0.1, -0.05) is 259 Å². The normalized spacial score (nSPS) is 28.2. The molecule has 1 saturated carbocycles. The Balaban J connectivity index is 1.73. The van der Waals surface area contributed by atoms with Crippen LogP contribution in [0.1, 0.15) is 297 Å². The molecule has 25 heteroatoms. The Morgan fingerprint density at radius 3 is 1.12 bits per heavy atom. The van der Waals surface area contributed by atoms with E-state index in [4.69, 9.17) is 42.2 Å². The molecular weight excluding hydrogens is 1270 g/mol. The lowest BCUT2D eigenvalue weighted by molar-refractivity contribution is -0.360. The number of aliphatic hydroxyl groups is 10. The van der Waals surface area contributed by atoms with Crippen molar-refractivity contribution in [2.75, 3.05) is 26.4 Å². The third-order valence-corrected chi connectivity index (χ3v) is 20.0. The van der Waals surface area contributed by atoms with E-state index in [0.29, 0.717) is 25.2 Å². The lowest BCUT2D eigenvalue weighted by Crippen LogP contribution is -2.69. The maximum Gasteiger partial charge on any atom is 0.472 e. The minimum atomic E-state index is -5.69. The second-order valence-corrected chi connectivity index (χ2v) is 29.1. The first-order valence-electron chi connectivity index (χ1n) is 37.7. The molecule has 1 aliphatic carbocycles. The standard InChI is InChI=1S/C71H133O24P/c1-5-8-11-14-17-19-21-22-23-25-27-29-36-41-46-57(75)90-52(48-87-55(73)44-39-34-28-26-24-20-18-15-12-9-6-2)49-89-96(85,86)95-69-67(93-70-65(83)60(78)58(76)53(47-72)91-70)63(81)62(80)64(82)68(69)94-71-66(84)61(79)59(77)54(92-71)50-88-56(74)45-40-35-31-30-33-38-43-51(4)42-37-32-16-13-10-7-3/h51-54,58-72,76-84H,5-50H2,1-4H3,(H,85,86). The van der Waals surface area contributed by atoms with Crippen LogP contribution in [0.4, 0.5) is 0 Å². The zero-order valence-electron chi connectivity index (χ0n) is 59.1. The summed E-state index contributed by atoms with van der Waals surface area (Å²) in [7, 11) is -5.69. The molecule has 96 heavy (non-hydrogen) atoms. The molecule has 3 rings (SSSR count). The number of carbonyl (C=O) groups excluding carboxylic acids is 3. The molecular formula is C71H133O24P. The Labute approximate surface area is 574 Å². The Kier molecular flexibility index (Phi) is 48.5. The average molecular weight is 1400 g/mol. The smallest absolute Gasteiger partial charge is 0.463 e. The molecule has 0 spiro atoms. The van der Waals surface area contributed by atoms with Crippen LogP contribution in [-0.4, -0.2) is 204 Å². The van der Waals surface area contributed by atoms with Gasteiger partial charge in [-0.05, 0) is 25.2 Å². The van der Waals surface area contributed by atoms with Gasteiger partial charge in [0.25, 0.3) is 0 Å². The molecule has 3 aliphatic rings. The molecule has 0 aromatic heterocycles. The lowest BCUT2D eigenvalue weighted by atomic mass is 9.84. The van der Waals surface area contributed by atoms with Crippen molar-refractivity contribution in [1.82, 2.24) is 0 Å². The van der Waals surface area contributed by atoms with Crippen LogP contribution in [0.3, 0.4) is 0 Å². The summed E-state index contributed by atoms with van der Waals surface area (Å²) in [4.78, 5) is 51.0. The van der Waals surface area contributed by atoms with Crippen LogP contribution in [0.2, 0.25) is 0 Å². The van der Waals surface area contributed by atoms with Gasteiger partial charge in [0.1, 0.15) is 98.7 Å². The van der Waals surface area contributed by atoms with Crippen molar-refractivity contribution in [3.05, 3.63) is 0 Å². The molecule has 2 heterocycles. The zero-order valence-corrected chi connectivity index (χ0v) is 60.0. The fourth-order valence-corrected chi connectivity index (χ4v) is 13.7. The van der Waals surface area contributed by atoms with Crippen LogP contribution < -0.4 is 0 Å². The van der Waals surface area contributed by atoms with Crippen LogP contribution in [0.25, 0.3) is 0 Å². The van der Waals surface area contributed by atoms with Crippen molar-refractivity contribution in [3.63, 3.8) is 0 Å². The fraction of sp³-hybridized carbons (Fsp3) is 0.958. The van der Waals surface area contributed by atoms with Gasteiger partial charge in [0.05, 0.1) is 13.2 Å². The van der Waals surface area contributed by atoms with Gasteiger partial charge in [-0.3, -0.25) is 23.4 Å². The second-order valence-electron chi connectivity index (χ2n) is 27.7. The van der Waals surface area contributed by atoms with Gasteiger partial charge in [0, 0.05) is 19.3 Å². The predicted molar refractivity (Wildman–Crippen MR) is 361 cm³/mol. The van der Waals surface area contributed by atoms with Crippen LogP contribution in [0.5, 0.6) is 0 Å². The number of unbranched alkanes of at least 4 members (excludes halogenated alkanes) is 33. The highest BCUT2D eigenvalue weighted by molar-refractivity contribution is 7.47. The number of hydrogen-bond acceptors (Lipinski definition) is 23. The number of esters is 3. The second kappa shape index (κ2) is 52.9. The summed E-state index contributed by atoms with van der Waals surface area (Å²) in [5.41, 5.74) is 0. The van der Waals surface area contributed by atoms with E-state index in [2.05, 4.69) is 27.7 Å². The molecule has 19 atom stereocenters. The SMILES string of the molecule is CCCCCCCCCCCCCCCCC(=O)OC(COC(=O)CCCCCCCCCCCCC)COP(=O)(O)OC1C(OC2OC(CO)C(O)C(O)C2O)C(O)C(O)C(O)C1OC1OC(COC(=O)CCCCCCCCC(C)CCCCCCCC)C(O)C(O)C1O. The van der Waals surface area contributed by atoms with Crippen molar-refractivity contribution in [1.29, 1.82) is 0 Å². The third kappa shape index (κ3) is 36.2. The van der Waals surface area contributed by atoms with E-state index in [1.165, 1.54) is 135 Å². The number of rotatable bonds is 58. The van der Waals surface area contributed by atoms with Gasteiger partial charge in [-0.15, -0.1) is 0 Å². The molecule has 2 saturated heterocycles. The number of ether oxygens (including phenoxy) is 7. The van der Waals surface area contributed by atoms with E-state index in [1.807, 2.05) is 0 Å². The van der Waals surface area contributed by atoms with E-state index in [1.54, 1.807) is 0 Å². The maximum absolute atomic E-state index is 14.3. The Morgan fingerprint density at radius 1 is 0.396 bits per heavy atom. The number of aliphatic hydroxyl groups excluding tert-OH is 10. The van der Waals surface area contributed by atoms with Gasteiger partial charge in [0.15, 0.2) is 18.7 Å². The van der Waals surface area contributed by atoms with Crippen LogP contribution in [-0.2, 0) is 61.2 Å². The maximum atomic E-state index is 14.3. The first-order chi connectivity index (χ1) is 46.2. The number of phosphoric acid groups is 1. The Morgan fingerprint density at radius 2 is 0.729 bits per heavy atom. The average Bonchev–Trinajstić information content (AvgIpc) is 0.764. The van der Waals surface area contributed by atoms with Gasteiger partial charge < -0.3 is 89.1 Å². The predicted octanol–water partition coefficient (Wildman–Crippen LogP) is 10.0. The monoisotopic (exact) mass is 1400 g/mol. The van der Waals surface area contributed by atoms with Gasteiger partial charge in [-0.25, -0.2) is 4.57 Å². The first kappa shape index (κ1) is 88.2. The van der Waals surface area contributed by atoms with Crippen molar-refractivity contribution in [3.8, 4) is 0 Å². The van der Waals surface area contributed by atoms with Crippen LogP contribution in [0, 0.1) is 5.92 Å². The molecule has 566 valence electrons. The highest BCUT2D eigenvalue weighted by atomic mass is 31.2. The molecule has 2 aliphatic heterocycles. The summed E-state index contributed by atoms with van der Waals surface area (Å²) in [6.07, 6.45) is 7.55. The molecule has 0 aromatic rings. The van der Waals surface area contributed by atoms with E-state index in [0.717, 1.165) is 96.3 Å². The number of phosphoric ester groups is 1. The summed E-state index contributed by atoms with van der Waals surface area (Å²) < 4.78 is 65.0. The number of carbonyl (C=O) groups is 3. The van der Waals surface area contributed by atoms with Crippen LogP contribution >= 0.6 is 7.82 Å². The molecule has 0 bridgehead atoms. The quantitative estimate of drug-likeness (QED) is 0.0117. The summed E-state index contributed by atoms with van der Waals surface area (Å²) in [6, 6.07) is 0. The zero-order chi connectivity index (χ0) is 70.5. The summed E-state index contributed by atoms with van der Waals surface area (Å²) in [5.74, 6) is -1.28. The van der Waals surface area contributed by atoms with Gasteiger partial charge in [-0.2, -0.15) is 0 Å². The summed E-state index contributed by atoms with van der Waals surface area (Å²) in [6.45, 7) is 5.77. The van der Waals surface area contributed by atoms with Gasteiger partial charge in [0.2, 0.25) is 0 Å². The van der Waals surface area contributed by atoms with Crippen molar-refractivity contribution in [2.45, 2.75) is 402 Å². The molecule has 24 nitrogen and oxygen atoms in total. The Hall–Kier alpha value is -2.04. The third-order valence-electron chi connectivity index (χ3n) is 19.0. The van der Waals surface area contributed by atoms with E-state index >= 15 is 0 Å². The van der Waals surface area contributed by atoms with Gasteiger partial charge >= 0.3 is 25.7 Å². The molecule has 3 fully saturated rings. The topological polar surface area (TPSA) is 374 Å². The number of hydrogen-bond donors (Lipinski definition) is 11. The van der Waals surface area contributed by atoms with E-state index in [-0.39, 0.29) is 19.3 Å².